The normalized spacial score (nSPS) is 19.8. The minimum atomic E-state index is -0.128. The Morgan fingerprint density at radius 1 is 1.09 bits per heavy atom. The number of amides is 1. The van der Waals surface area contributed by atoms with Gasteiger partial charge in [0.1, 0.15) is 5.82 Å². The number of hydrogen-bond acceptors (Lipinski definition) is 4. The van der Waals surface area contributed by atoms with Crippen molar-refractivity contribution in [3.63, 3.8) is 0 Å². The molecule has 5 nitrogen and oxygen atoms in total. The van der Waals surface area contributed by atoms with Gasteiger partial charge in [-0.25, -0.2) is 4.39 Å². The van der Waals surface area contributed by atoms with Crippen molar-refractivity contribution in [1.82, 2.24) is 14.8 Å². The number of piperidine rings is 1. The number of likely N-dealkylation sites (tertiary alicyclic amines) is 1. The first kappa shape index (κ1) is 22.9. The maximum absolute atomic E-state index is 14.0. The molecular formula is C26H34FN3O2. The van der Waals surface area contributed by atoms with Crippen molar-refractivity contribution in [2.75, 3.05) is 32.8 Å². The summed E-state index contributed by atoms with van der Waals surface area (Å²) in [6.45, 7) is 4.84. The lowest BCUT2D eigenvalue weighted by molar-refractivity contribution is -0.133. The molecule has 2 fully saturated rings. The summed E-state index contributed by atoms with van der Waals surface area (Å²) in [6.07, 6.45) is 9.17. The van der Waals surface area contributed by atoms with Crippen LogP contribution < -0.4 is 0 Å². The first-order valence-electron chi connectivity index (χ1n) is 11.9. The van der Waals surface area contributed by atoms with Crippen LogP contribution in [0.5, 0.6) is 0 Å². The lowest BCUT2D eigenvalue weighted by Crippen LogP contribution is -2.43. The van der Waals surface area contributed by atoms with Crippen LogP contribution in [-0.4, -0.2) is 59.6 Å². The van der Waals surface area contributed by atoms with Crippen LogP contribution in [0.2, 0.25) is 0 Å². The zero-order chi connectivity index (χ0) is 22.2. The van der Waals surface area contributed by atoms with E-state index in [9.17, 15) is 9.18 Å². The van der Waals surface area contributed by atoms with Crippen molar-refractivity contribution in [2.24, 2.45) is 5.92 Å². The summed E-state index contributed by atoms with van der Waals surface area (Å²) in [5.74, 6) is 0.571. The fourth-order valence-electron chi connectivity index (χ4n) is 4.78. The van der Waals surface area contributed by atoms with Gasteiger partial charge in [-0.15, -0.1) is 0 Å². The first-order valence-corrected chi connectivity index (χ1v) is 11.9. The van der Waals surface area contributed by atoms with Crippen LogP contribution in [0.15, 0.2) is 48.8 Å². The lowest BCUT2D eigenvalue weighted by atomic mass is 9.95. The number of pyridine rings is 1. The Kier molecular flexibility index (Phi) is 8.24. The Morgan fingerprint density at radius 3 is 2.59 bits per heavy atom. The van der Waals surface area contributed by atoms with Crippen molar-refractivity contribution in [2.45, 2.75) is 51.2 Å². The summed E-state index contributed by atoms with van der Waals surface area (Å²) >= 11 is 0. The number of benzene rings is 1. The molecular weight excluding hydrogens is 405 g/mol. The molecule has 4 rings (SSSR count). The average Bonchev–Trinajstić information content (AvgIpc) is 3.34. The molecule has 32 heavy (non-hydrogen) atoms. The Morgan fingerprint density at radius 2 is 1.88 bits per heavy atom. The molecule has 0 aliphatic carbocycles. The van der Waals surface area contributed by atoms with Gasteiger partial charge in [0, 0.05) is 50.6 Å². The van der Waals surface area contributed by atoms with E-state index in [0.29, 0.717) is 25.4 Å². The number of carbonyl (C=O) groups excluding carboxylic acids is 1. The third kappa shape index (κ3) is 6.59. The molecule has 1 amide bonds. The molecule has 1 atom stereocenters. The van der Waals surface area contributed by atoms with Crippen molar-refractivity contribution < 1.29 is 13.9 Å². The van der Waals surface area contributed by atoms with Gasteiger partial charge >= 0.3 is 0 Å². The predicted octanol–water partition coefficient (Wildman–Crippen LogP) is 4.07. The molecule has 1 aromatic heterocycles. The molecule has 2 aromatic rings. The highest BCUT2D eigenvalue weighted by atomic mass is 19.1. The Balaban J connectivity index is 1.29. The molecule has 0 saturated carbocycles. The number of halogens is 1. The molecule has 0 spiro atoms. The van der Waals surface area contributed by atoms with Crippen molar-refractivity contribution in [3.8, 4) is 0 Å². The molecule has 0 N–H and O–H groups in total. The second-order valence-electron chi connectivity index (χ2n) is 9.10. The third-order valence-electron chi connectivity index (χ3n) is 6.72. The minimum Gasteiger partial charge on any atom is -0.376 e. The van der Waals surface area contributed by atoms with Crippen LogP contribution in [0.1, 0.15) is 43.2 Å². The molecule has 2 saturated heterocycles. The van der Waals surface area contributed by atoms with E-state index in [1.165, 1.54) is 6.07 Å². The topological polar surface area (TPSA) is 45.7 Å². The summed E-state index contributed by atoms with van der Waals surface area (Å²) in [7, 11) is 0. The van der Waals surface area contributed by atoms with Crippen LogP contribution in [0.4, 0.5) is 4.39 Å². The van der Waals surface area contributed by atoms with Crippen molar-refractivity contribution in [3.05, 3.63) is 65.7 Å². The Hall–Kier alpha value is -2.31. The van der Waals surface area contributed by atoms with Crippen LogP contribution in [0.3, 0.4) is 0 Å². The van der Waals surface area contributed by atoms with E-state index < -0.39 is 0 Å². The van der Waals surface area contributed by atoms with Crippen molar-refractivity contribution >= 4 is 5.91 Å². The lowest BCUT2D eigenvalue weighted by Gasteiger charge is -2.35. The SMILES string of the molecule is O=C(CCc1ccncc1)N(CC1CCN(Cc2ccccc2F)CC1)C[C@H]1CCCO1. The summed E-state index contributed by atoms with van der Waals surface area (Å²) in [5.41, 5.74) is 1.91. The van der Waals surface area contributed by atoms with E-state index >= 15 is 0 Å². The van der Waals surface area contributed by atoms with Gasteiger partial charge in [-0.05, 0) is 74.9 Å². The highest BCUT2D eigenvalue weighted by Crippen LogP contribution is 2.23. The maximum Gasteiger partial charge on any atom is 0.222 e. The summed E-state index contributed by atoms with van der Waals surface area (Å²) in [4.78, 5) is 21.6. The summed E-state index contributed by atoms with van der Waals surface area (Å²) in [5, 5.41) is 0. The van der Waals surface area contributed by atoms with Crippen LogP contribution in [-0.2, 0) is 22.5 Å². The fourth-order valence-corrected chi connectivity index (χ4v) is 4.78. The van der Waals surface area contributed by atoms with Crippen LogP contribution in [0.25, 0.3) is 0 Å². The summed E-state index contributed by atoms with van der Waals surface area (Å²) in [6, 6.07) is 11.0. The smallest absolute Gasteiger partial charge is 0.222 e. The molecule has 0 radical (unpaired) electrons. The first-order chi connectivity index (χ1) is 15.7. The minimum absolute atomic E-state index is 0.128. The number of aromatic nitrogens is 1. The van der Waals surface area contributed by atoms with Gasteiger partial charge in [0.15, 0.2) is 0 Å². The molecule has 172 valence electrons. The van der Waals surface area contributed by atoms with Crippen LogP contribution >= 0.6 is 0 Å². The Bertz CT molecular complexity index is 849. The number of nitrogens with zero attached hydrogens (tertiary/aromatic N) is 3. The second-order valence-corrected chi connectivity index (χ2v) is 9.10. The molecule has 2 aliphatic heterocycles. The largest absolute Gasteiger partial charge is 0.376 e. The zero-order valence-corrected chi connectivity index (χ0v) is 18.8. The van der Waals surface area contributed by atoms with Gasteiger partial charge in [0.05, 0.1) is 6.10 Å². The van der Waals surface area contributed by atoms with E-state index in [4.69, 9.17) is 4.74 Å². The standard InChI is InChI=1S/C26H34FN3O2/c27-25-6-2-1-4-23(25)19-29-15-11-22(12-16-29)18-30(20-24-5-3-17-32-24)26(31)8-7-21-9-13-28-14-10-21/h1-2,4,6,9-10,13-14,22,24H,3,5,7-8,11-12,15-20H2/t24-/m1/s1. The molecule has 0 unspecified atom stereocenters. The maximum atomic E-state index is 14.0. The summed E-state index contributed by atoms with van der Waals surface area (Å²) < 4.78 is 19.8. The van der Waals surface area contributed by atoms with E-state index in [-0.39, 0.29) is 17.8 Å². The van der Waals surface area contributed by atoms with Crippen molar-refractivity contribution in [1.29, 1.82) is 0 Å². The van der Waals surface area contributed by atoms with Gasteiger partial charge in [-0.2, -0.15) is 0 Å². The molecule has 0 bridgehead atoms. The van der Waals surface area contributed by atoms with Gasteiger partial charge in [-0.3, -0.25) is 14.7 Å². The van der Waals surface area contributed by atoms with Gasteiger partial charge in [-0.1, -0.05) is 18.2 Å². The highest BCUT2D eigenvalue weighted by Gasteiger charge is 2.27. The van der Waals surface area contributed by atoms with E-state index in [1.807, 2.05) is 29.2 Å². The fraction of sp³-hybridized carbons (Fsp3) is 0.538. The van der Waals surface area contributed by atoms with E-state index in [0.717, 1.165) is 69.5 Å². The van der Waals surface area contributed by atoms with E-state index in [2.05, 4.69) is 9.88 Å². The molecule has 2 aliphatic rings. The van der Waals surface area contributed by atoms with Gasteiger partial charge < -0.3 is 9.64 Å². The number of hydrogen-bond donors (Lipinski definition) is 0. The Labute approximate surface area is 190 Å². The zero-order valence-electron chi connectivity index (χ0n) is 18.8. The number of ether oxygens (including phenoxy) is 1. The molecule has 3 heterocycles. The average molecular weight is 440 g/mol. The number of aryl methyl sites for hydroxylation is 1. The quantitative estimate of drug-likeness (QED) is 0.591. The van der Waals surface area contributed by atoms with Gasteiger partial charge in [0.2, 0.25) is 5.91 Å². The van der Waals surface area contributed by atoms with Crippen LogP contribution in [0, 0.1) is 11.7 Å². The highest BCUT2D eigenvalue weighted by molar-refractivity contribution is 5.76. The third-order valence-corrected chi connectivity index (χ3v) is 6.72. The number of rotatable bonds is 9. The monoisotopic (exact) mass is 439 g/mol. The number of carbonyl (C=O) groups is 1. The predicted molar refractivity (Wildman–Crippen MR) is 123 cm³/mol. The molecule has 6 heteroatoms. The second kappa shape index (κ2) is 11.5. The molecule has 1 aromatic carbocycles. The van der Waals surface area contributed by atoms with Gasteiger partial charge in [0.25, 0.3) is 0 Å². The van der Waals surface area contributed by atoms with E-state index in [1.54, 1.807) is 18.5 Å².